The van der Waals surface area contributed by atoms with Gasteiger partial charge in [0.2, 0.25) is 6.79 Å². The fourth-order valence-corrected chi connectivity index (χ4v) is 2.81. The second-order valence-electron chi connectivity index (χ2n) is 4.12. The molecule has 0 fully saturated rings. The van der Waals surface area contributed by atoms with Gasteiger partial charge in [0.05, 0.1) is 3.58 Å². The molecule has 3 rings (SSSR count). The van der Waals surface area contributed by atoms with Gasteiger partial charge < -0.3 is 14.2 Å². The van der Waals surface area contributed by atoms with Gasteiger partial charge in [0.1, 0.15) is 5.03 Å². The van der Waals surface area contributed by atoms with E-state index in [0.29, 0.717) is 15.1 Å². The summed E-state index contributed by atoms with van der Waals surface area (Å²) in [5.41, 5.74) is -0.0458. The van der Waals surface area contributed by atoms with Crippen LogP contribution in [0.4, 0.5) is 0 Å². The van der Waals surface area contributed by atoms with Gasteiger partial charge in [-0.3, -0.25) is 0 Å². The van der Waals surface area contributed by atoms with Crippen molar-refractivity contribution in [2.75, 3.05) is 6.79 Å². The van der Waals surface area contributed by atoms with Crippen LogP contribution < -0.4 is 9.47 Å². The first-order chi connectivity index (χ1) is 8.52. The van der Waals surface area contributed by atoms with E-state index in [0.717, 1.165) is 5.56 Å². The van der Waals surface area contributed by atoms with Crippen LogP contribution >= 0.6 is 34.2 Å². The quantitative estimate of drug-likeness (QED) is 0.556. The summed E-state index contributed by atoms with van der Waals surface area (Å²) in [5.74, 6) is 0.843. The largest absolute Gasteiger partial charge is 0.454 e. The van der Waals surface area contributed by atoms with Crippen molar-refractivity contribution < 1.29 is 19.0 Å². The number of ether oxygens (including phenoxy) is 3. The summed E-state index contributed by atoms with van der Waals surface area (Å²) in [4.78, 5) is 11.5. The molecule has 2 aliphatic heterocycles. The SMILES string of the molecule is CC1(c2ccc3c(c2)OCO3)OC(=O)C(Cl)=C1I. The molecule has 2 heterocycles. The van der Waals surface area contributed by atoms with Crippen LogP contribution in [0, 0.1) is 0 Å². The van der Waals surface area contributed by atoms with Crippen LogP contribution in [0.15, 0.2) is 26.8 Å². The Kier molecular flexibility index (Phi) is 2.71. The first-order valence-electron chi connectivity index (χ1n) is 5.21. The zero-order valence-corrected chi connectivity index (χ0v) is 12.2. The molecule has 0 bridgehead atoms. The van der Waals surface area contributed by atoms with Gasteiger partial charge in [0, 0.05) is 5.56 Å². The first kappa shape index (κ1) is 12.1. The van der Waals surface area contributed by atoms with E-state index < -0.39 is 11.6 Å². The third-order valence-corrected chi connectivity index (χ3v) is 5.24. The van der Waals surface area contributed by atoms with Crippen molar-refractivity contribution in [1.29, 1.82) is 0 Å². The van der Waals surface area contributed by atoms with E-state index in [-0.39, 0.29) is 11.8 Å². The Labute approximate surface area is 122 Å². The summed E-state index contributed by atoms with van der Waals surface area (Å²) < 4.78 is 16.6. The summed E-state index contributed by atoms with van der Waals surface area (Å²) in [7, 11) is 0. The predicted molar refractivity (Wildman–Crippen MR) is 72.9 cm³/mol. The van der Waals surface area contributed by atoms with Gasteiger partial charge in [-0.05, 0) is 41.6 Å². The molecular formula is C12H8ClIO4. The van der Waals surface area contributed by atoms with E-state index >= 15 is 0 Å². The Morgan fingerprint density at radius 1 is 1.33 bits per heavy atom. The van der Waals surface area contributed by atoms with Crippen molar-refractivity contribution in [3.63, 3.8) is 0 Å². The highest BCUT2D eigenvalue weighted by Gasteiger charge is 2.44. The summed E-state index contributed by atoms with van der Waals surface area (Å²) >= 11 is 7.94. The zero-order valence-electron chi connectivity index (χ0n) is 9.33. The molecule has 0 saturated heterocycles. The van der Waals surface area contributed by atoms with Crippen LogP contribution in [0.1, 0.15) is 12.5 Å². The van der Waals surface area contributed by atoms with Gasteiger partial charge in [-0.15, -0.1) is 0 Å². The molecule has 1 aromatic carbocycles. The monoisotopic (exact) mass is 378 g/mol. The van der Waals surface area contributed by atoms with Crippen molar-refractivity contribution >= 4 is 40.2 Å². The Morgan fingerprint density at radius 3 is 2.72 bits per heavy atom. The summed E-state index contributed by atoms with van der Waals surface area (Å²) in [6.07, 6.45) is 0. The first-order valence-corrected chi connectivity index (χ1v) is 6.67. The molecule has 1 atom stereocenters. The lowest BCUT2D eigenvalue weighted by Gasteiger charge is -2.24. The van der Waals surface area contributed by atoms with Crippen molar-refractivity contribution in [1.82, 2.24) is 0 Å². The van der Waals surface area contributed by atoms with Gasteiger partial charge in [-0.1, -0.05) is 17.7 Å². The Balaban J connectivity index is 2.08. The van der Waals surface area contributed by atoms with Crippen molar-refractivity contribution in [2.24, 2.45) is 0 Å². The molecule has 4 nitrogen and oxygen atoms in total. The number of hydrogen-bond donors (Lipinski definition) is 0. The molecule has 0 radical (unpaired) electrons. The van der Waals surface area contributed by atoms with Gasteiger partial charge in [-0.25, -0.2) is 4.79 Å². The highest BCUT2D eigenvalue weighted by molar-refractivity contribution is 14.1. The van der Waals surface area contributed by atoms with Crippen LogP contribution in [0.5, 0.6) is 11.5 Å². The normalized spacial score (nSPS) is 25.6. The molecule has 0 spiro atoms. The smallest absolute Gasteiger partial charge is 0.351 e. The van der Waals surface area contributed by atoms with Gasteiger partial charge in [0.15, 0.2) is 17.1 Å². The van der Waals surface area contributed by atoms with Gasteiger partial charge in [-0.2, -0.15) is 0 Å². The summed E-state index contributed by atoms with van der Waals surface area (Å²) in [6.45, 7) is 2.02. The number of hydrogen-bond acceptors (Lipinski definition) is 4. The molecule has 6 heteroatoms. The standard InChI is InChI=1S/C12H8ClIO4/c1-12(10(14)9(13)11(15)18-12)6-2-3-7-8(4-6)17-5-16-7/h2-4H,5H2,1H3. The minimum atomic E-state index is -0.851. The topological polar surface area (TPSA) is 44.8 Å². The Bertz CT molecular complexity index is 583. The second-order valence-corrected chi connectivity index (χ2v) is 5.58. The maximum absolute atomic E-state index is 11.5. The number of fused-ring (bicyclic) bond motifs is 1. The van der Waals surface area contributed by atoms with Crippen molar-refractivity contribution in [3.8, 4) is 11.5 Å². The molecule has 94 valence electrons. The van der Waals surface area contributed by atoms with Gasteiger partial charge >= 0.3 is 5.97 Å². The second kappa shape index (κ2) is 4.03. The molecular weight excluding hydrogens is 370 g/mol. The lowest BCUT2D eigenvalue weighted by Crippen LogP contribution is -2.23. The number of cyclic esters (lactones) is 1. The summed E-state index contributed by atoms with van der Waals surface area (Å²) in [6, 6.07) is 5.45. The maximum atomic E-state index is 11.5. The zero-order chi connectivity index (χ0) is 12.9. The number of benzene rings is 1. The lowest BCUT2D eigenvalue weighted by molar-refractivity contribution is -0.145. The van der Waals surface area contributed by atoms with Crippen LogP contribution in [0.25, 0.3) is 0 Å². The van der Waals surface area contributed by atoms with Crippen LogP contribution in [-0.2, 0) is 15.1 Å². The number of rotatable bonds is 1. The van der Waals surface area contributed by atoms with Crippen LogP contribution in [0.2, 0.25) is 0 Å². The highest BCUT2D eigenvalue weighted by atomic mass is 127. The number of carbonyl (C=O) groups is 1. The van der Waals surface area contributed by atoms with Gasteiger partial charge in [0.25, 0.3) is 0 Å². The number of carbonyl (C=O) groups excluding carboxylic acids is 1. The molecule has 2 aliphatic rings. The molecule has 1 unspecified atom stereocenters. The Morgan fingerprint density at radius 2 is 2.06 bits per heavy atom. The molecule has 0 saturated carbocycles. The molecule has 0 amide bonds. The van der Waals surface area contributed by atoms with E-state index in [1.54, 1.807) is 13.0 Å². The molecule has 0 aromatic heterocycles. The van der Waals surface area contributed by atoms with E-state index in [1.165, 1.54) is 0 Å². The molecule has 0 N–H and O–H groups in total. The lowest BCUT2D eigenvalue weighted by atomic mass is 9.96. The molecule has 0 aliphatic carbocycles. The van der Waals surface area contributed by atoms with Crippen molar-refractivity contribution in [3.05, 3.63) is 32.4 Å². The highest BCUT2D eigenvalue weighted by Crippen LogP contribution is 2.47. The fourth-order valence-electron chi connectivity index (χ4n) is 1.95. The fraction of sp³-hybridized carbons (Fsp3) is 0.250. The van der Waals surface area contributed by atoms with E-state index in [9.17, 15) is 4.79 Å². The third-order valence-electron chi connectivity index (χ3n) is 3.01. The third kappa shape index (κ3) is 1.60. The van der Waals surface area contributed by atoms with E-state index in [2.05, 4.69) is 0 Å². The maximum Gasteiger partial charge on any atom is 0.351 e. The van der Waals surface area contributed by atoms with Crippen LogP contribution in [-0.4, -0.2) is 12.8 Å². The average Bonchev–Trinajstić information content (AvgIpc) is 2.89. The van der Waals surface area contributed by atoms with E-state index in [4.69, 9.17) is 25.8 Å². The molecule has 1 aromatic rings. The van der Waals surface area contributed by atoms with E-state index in [1.807, 2.05) is 34.7 Å². The number of esters is 1. The summed E-state index contributed by atoms with van der Waals surface area (Å²) in [5, 5.41) is 0.135. The van der Waals surface area contributed by atoms with Crippen molar-refractivity contribution in [2.45, 2.75) is 12.5 Å². The number of halogens is 2. The Hall–Kier alpha value is -0.950. The molecule has 18 heavy (non-hydrogen) atoms. The minimum absolute atomic E-state index is 0.135. The predicted octanol–water partition coefficient (Wildman–Crippen LogP) is 3.07. The minimum Gasteiger partial charge on any atom is -0.454 e. The van der Waals surface area contributed by atoms with Crippen LogP contribution in [0.3, 0.4) is 0 Å². The average molecular weight is 379 g/mol.